The molecule has 2 aromatic rings. The van der Waals surface area contributed by atoms with Gasteiger partial charge in [-0.2, -0.15) is 0 Å². The fraction of sp³-hybridized carbons (Fsp3) is 0.318. The van der Waals surface area contributed by atoms with E-state index < -0.39 is 23.7 Å². The minimum absolute atomic E-state index is 0.0569. The third-order valence-corrected chi connectivity index (χ3v) is 3.86. The number of ether oxygens (including phenoxy) is 2. The van der Waals surface area contributed by atoms with E-state index in [1.807, 2.05) is 30.3 Å². The number of rotatable bonds is 7. The Balaban J connectivity index is 2.14. The van der Waals surface area contributed by atoms with Gasteiger partial charge in [-0.25, -0.2) is 9.59 Å². The fourth-order valence-electron chi connectivity index (χ4n) is 2.53. The highest BCUT2D eigenvalue weighted by Crippen LogP contribution is 2.18. The van der Waals surface area contributed by atoms with Crippen molar-refractivity contribution in [3.8, 4) is 5.75 Å². The van der Waals surface area contributed by atoms with E-state index in [2.05, 4.69) is 5.32 Å². The first-order valence-corrected chi connectivity index (χ1v) is 9.15. The Morgan fingerprint density at radius 1 is 1.10 bits per heavy atom. The zero-order valence-corrected chi connectivity index (χ0v) is 16.7. The van der Waals surface area contributed by atoms with Crippen LogP contribution in [0.15, 0.2) is 48.5 Å². The summed E-state index contributed by atoms with van der Waals surface area (Å²) in [6.45, 7) is 5.20. The van der Waals surface area contributed by atoms with Gasteiger partial charge in [0, 0.05) is 6.42 Å². The molecule has 0 spiro atoms. The Labute approximate surface area is 169 Å². The van der Waals surface area contributed by atoms with Crippen molar-refractivity contribution in [1.29, 1.82) is 0 Å². The summed E-state index contributed by atoms with van der Waals surface area (Å²) in [6, 6.07) is 12.5. The van der Waals surface area contributed by atoms with Crippen molar-refractivity contribution in [3.63, 3.8) is 0 Å². The van der Waals surface area contributed by atoms with E-state index in [0.717, 1.165) is 5.56 Å². The first kappa shape index (κ1) is 21.9. The maximum absolute atomic E-state index is 12.6. The van der Waals surface area contributed by atoms with Crippen LogP contribution in [-0.2, 0) is 27.3 Å². The molecule has 0 radical (unpaired) electrons. The molecule has 2 rings (SSSR count). The number of aromatic hydroxyl groups is 1. The lowest BCUT2D eigenvalue weighted by Crippen LogP contribution is -2.45. The van der Waals surface area contributed by atoms with Gasteiger partial charge in [0.25, 0.3) is 0 Å². The summed E-state index contributed by atoms with van der Waals surface area (Å²) in [5, 5.41) is 12.2. The fourth-order valence-corrected chi connectivity index (χ4v) is 2.53. The number of alkyl carbamates (subject to hydrolysis) is 1. The van der Waals surface area contributed by atoms with E-state index in [-0.39, 0.29) is 24.3 Å². The van der Waals surface area contributed by atoms with E-state index in [0.29, 0.717) is 11.8 Å². The molecule has 0 aliphatic rings. The predicted octanol–water partition coefficient (Wildman–Crippen LogP) is 3.38. The Morgan fingerprint density at radius 2 is 1.79 bits per heavy atom. The molecule has 2 aromatic carbocycles. The lowest BCUT2D eigenvalue weighted by molar-refractivity contribution is -0.147. The summed E-state index contributed by atoms with van der Waals surface area (Å²) in [7, 11) is 0. The quantitative estimate of drug-likeness (QED) is 0.547. The van der Waals surface area contributed by atoms with E-state index in [4.69, 9.17) is 9.47 Å². The van der Waals surface area contributed by atoms with Crippen LogP contribution in [0.5, 0.6) is 5.75 Å². The number of aldehydes is 1. The van der Waals surface area contributed by atoms with Gasteiger partial charge in [0.1, 0.15) is 24.0 Å². The molecule has 1 unspecified atom stereocenters. The molecule has 0 heterocycles. The smallest absolute Gasteiger partial charge is 0.408 e. The van der Waals surface area contributed by atoms with Crippen LogP contribution in [0.4, 0.5) is 4.79 Å². The average Bonchev–Trinajstić information content (AvgIpc) is 2.66. The molecule has 154 valence electrons. The molecule has 2 N–H and O–H groups in total. The Bertz CT molecular complexity index is 857. The van der Waals surface area contributed by atoms with E-state index in [1.54, 1.807) is 26.8 Å². The van der Waals surface area contributed by atoms with Crippen LogP contribution < -0.4 is 5.32 Å². The van der Waals surface area contributed by atoms with Crippen LogP contribution in [0.25, 0.3) is 0 Å². The van der Waals surface area contributed by atoms with Crippen molar-refractivity contribution >= 4 is 18.3 Å². The Hall–Kier alpha value is -3.35. The summed E-state index contributed by atoms with van der Waals surface area (Å²) >= 11 is 0. The summed E-state index contributed by atoms with van der Waals surface area (Å²) < 4.78 is 10.6. The predicted molar refractivity (Wildman–Crippen MR) is 107 cm³/mol. The van der Waals surface area contributed by atoms with Crippen LogP contribution >= 0.6 is 0 Å². The van der Waals surface area contributed by atoms with E-state index in [9.17, 15) is 19.5 Å². The number of hydrogen-bond acceptors (Lipinski definition) is 6. The normalized spacial score (nSPS) is 12.0. The molecule has 0 aliphatic carbocycles. The first-order valence-electron chi connectivity index (χ1n) is 9.15. The van der Waals surface area contributed by atoms with Gasteiger partial charge in [-0.05, 0) is 44.0 Å². The monoisotopic (exact) mass is 399 g/mol. The van der Waals surface area contributed by atoms with Gasteiger partial charge in [-0.1, -0.05) is 36.4 Å². The van der Waals surface area contributed by atoms with Crippen LogP contribution in [-0.4, -0.2) is 35.1 Å². The molecule has 0 saturated heterocycles. The molecule has 1 atom stereocenters. The van der Waals surface area contributed by atoms with Crippen LogP contribution in [0.1, 0.15) is 42.3 Å². The number of hydrogen-bond donors (Lipinski definition) is 2. The molecule has 0 bridgehead atoms. The van der Waals surface area contributed by atoms with Gasteiger partial charge >= 0.3 is 12.1 Å². The van der Waals surface area contributed by atoms with Crippen LogP contribution in [0.2, 0.25) is 0 Å². The molecular weight excluding hydrogens is 374 g/mol. The molecule has 7 nitrogen and oxygen atoms in total. The number of amides is 1. The summed E-state index contributed by atoms with van der Waals surface area (Å²) in [4.78, 5) is 35.9. The van der Waals surface area contributed by atoms with E-state index in [1.165, 1.54) is 12.1 Å². The van der Waals surface area contributed by atoms with Gasteiger partial charge in [0.2, 0.25) is 0 Å². The molecule has 0 aromatic heterocycles. The number of nitrogens with one attached hydrogen (secondary N) is 1. The van der Waals surface area contributed by atoms with Crippen molar-refractivity contribution in [2.45, 2.75) is 45.4 Å². The lowest BCUT2D eigenvalue weighted by atomic mass is 10.0. The molecule has 0 fully saturated rings. The second-order valence-corrected chi connectivity index (χ2v) is 7.51. The third kappa shape index (κ3) is 7.29. The van der Waals surface area contributed by atoms with Crippen molar-refractivity contribution in [2.24, 2.45) is 0 Å². The van der Waals surface area contributed by atoms with Gasteiger partial charge in [0.05, 0.1) is 5.56 Å². The van der Waals surface area contributed by atoms with Gasteiger partial charge in [-0.3, -0.25) is 4.79 Å². The van der Waals surface area contributed by atoms with Gasteiger partial charge in [-0.15, -0.1) is 0 Å². The van der Waals surface area contributed by atoms with Gasteiger partial charge < -0.3 is 19.9 Å². The van der Waals surface area contributed by atoms with Crippen molar-refractivity contribution in [3.05, 3.63) is 65.2 Å². The van der Waals surface area contributed by atoms with Crippen molar-refractivity contribution < 1.29 is 29.0 Å². The second kappa shape index (κ2) is 9.73. The minimum Gasteiger partial charge on any atom is -0.507 e. The Kier molecular flexibility index (Phi) is 7.36. The van der Waals surface area contributed by atoms with Crippen LogP contribution in [0, 0.1) is 0 Å². The largest absolute Gasteiger partial charge is 0.507 e. The topological polar surface area (TPSA) is 102 Å². The SMILES string of the molecule is CC(C)(C)OC(=O)NC(Cc1ccc(O)c(C=O)c1)C(=O)OCc1ccccc1. The number of carbonyl (C=O) groups excluding carboxylic acids is 3. The summed E-state index contributed by atoms with van der Waals surface area (Å²) in [5.74, 6) is -0.799. The lowest BCUT2D eigenvalue weighted by Gasteiger charge is -2.23. The minimum atomic E-state index is -1.03. The molecule has 1 amide bonds. The molecule has 7 heteroatoms. The number of carbonyl (C=O) groups is 3. The summed E-state index contributed by atoms with van der Waals surface area (Å²) in [5.41, 5.74) is 0.745. The highest BCUT2D eigenvalue weighted by atomic mass is 16.6. The van der Waals surface area contributed by atoms with E-state index >= 15 is 0 Å². The molecule has 29 heavy (non-hydrogen) atoms. The highest BCUT2D eigenvalue weighted by Gasteiger charge is 2.26. The number of phenols is 1. The maximum atomic E-state index is 12.6. The second-order valence-electron chi connectivity index (χ2n) is 7.51. The molecular formula is C22H25NO6. The zero-order valence-electron chi connectivity index (χ0n) is 16.7. The summed E-state index contributed by atoms with van der Waals surface area (Å²) in [6.07, 6.45) is -0.176. The maximum Gasteiger partial charge on any atom is 0.408 e. The van der Waals surface area contributed by atoms with Crippen molar-refractivity contribution in [1.82, 2.24) is 5.32 Å². The Morgan fingerprint density at radius 3 is 2.41 bits per heavy atom. The number of benzene rings is 2. The average molecular weight is 399 g/mol. The highest BCUT2D eigenvalue weighted by molar-refractivity contribution is 5.82. The standard InChI is InChI=1S/C22H25NO6/c1-22(2,3)29-21(27)23-18(12-16-9-10-19(25)17(11-16)13-24)20(26)28-14-15-7-5-4-6-8-15/h4-11,13,18,25H,12,14H2,1-3H3,(H,23,27). The van der Waals surface area contributed by atoms with Crippen LogP contribution in [0.3, 0.4) is 0 Å². The zero-order chi connectivity index (χ0) is 21.4. The number of esters is 1. The van der Waals surface area contributed by atoms with Crippen molar-refractivity contribution in [2.75, 3.05) is 0 Å². The number of phenolic OH excluding ortho intramolecular Hbond substituents is 1. The third-order valence-electron chi connectivity index (χ3n) is 3.86. The molecule has 0 aliphatic heterocycles. The molecule has 0 saturated carbocycles. The first-order chi connectivity index (χ1) is 13.7. The van der Waals surface area contributed by atoms with Gasteiger partial charge in [0.15, 0.2) is 6.29 Å².